The number of carbonyl (C=O) groups is 2. The van der Waals surface area contributed by atoms with Crippen LogP contribution in [0.15, 0.2) is 21.3 Å². The molecule has 0 aliphatic carbocycles. The van der Waals surface area contributed by atoms with Crippen molar-refractivity contribution < 1.29 is 14.0 Å². The summed E-state index contributed by atoms with van der Waals surface area (Å²) in [6.45, 7) is 3.92. The maximum absolute atomic E-state index is 12.6. The molecule has 2 aromatic rings. The molecule has 2 amide bonds. The van der Waals surface area contributed by atoms with Crippen molar-refractivity contribution in [1.29, 1.82) is 0 Å². The summed E-state index contributed by atoms with van der Waals surface area (Å²) in [6, 6.07) is 3.85. The number of aromatic amines is 1. The fourth-order valence-corrected chi connectivity index (χ4v) is 4.49. The molecule has 8 heteroatoms. The van der Waals surface area contributed by atoms with Crippen LogP contribution in [0.3, 0.4) is 0 Å². The van der Waals surface area contributed by atoms with Crippen molar-refractivity contribution in [3.63, 3.8) is 0 Å². The molecule has 3 heterocycles. The van der Waals surface area contributed by atoms with Gasteiger partial charge < -0.3 is 20.0 Å². The first kappa shape index (κ1) is 19.7. The van der Waals surface area contributed by atoms with E-state index in [1.807, 2.05) is 4.90 Å². The van der Waals surface area contributed by atoms with E-state index in [2.05, 4.69) is 9.88 Å². The third-order valence-corrected chi connectivity index (χ3v) is 6.05. The number of likely N-dealkylation sites (tertiary alicyclic amines) is 2. The van der Waals surface area contributed by atoms with Gasteiger partial charge in [0.1, 0.15) is 0 Å². The van der Waals surface area contributed by atoms with E-state index in [0.717, 1.165) is 25.9 Å². The lowest BCUT2D eigenvalue weighted by Crippen LogP contribution is -2.48. The number of hydrogen-bond donors (Lipinski definition) is 2. The van der Waals surface area contributed by atoms with Crippen LogP contribution in [0.25, 0.3) is 11.1 Å². The molecule has 2 fully saturated rings. The summed E-state index contributed by atoms with van der Waals surface area (Å²) in [4.78, 5) is 42.7. The number of fused-ring (bicyclic) bond motifs is 1. The Balaban J connectivity index is 1.35. The van der Waals surface area contributed by atoms with E-state index in [1.165, 1.54) is 32.4 Å². The van der Waals surface area contributed by atoms with E-state index in [-0.39, 0.29) is 22.6 Å². The smallest absolute Gasteiger partial charge is 0.408 e. The SMILES string of the molecule is NC(=O)c1cc(C[CH]C(=O)N2CCC(N3CCCCC3)CC2)cc2oc(=O)[nH]c12. The molecule has 1 aromatic heterocycles. The third kappa shape index (κ3) is 4.37. The first-order valence-corrected chi connectivity index (χ1v) is 10.3. The monoisotopic (exact) mass is 399 g/mol. The number of carbonyl (C=O) groups excluding carboxylic acids is 2. The molecule has 2 aliphatic rings. The highest BCUT2D eigenvalue weighted by Crippen LogP contribution is 2.22. The van der Waals surface area contributed by atoms with Crippen LogP contribution in [-0.2, 0) is 11.2 Å². The maximum Gasteiger partial charge on any atom is 0.417 e. The molecular weight excluding hydrogens is 372 g/mol. The fraction of sp³-hybridized carbons (Fsp3) is 0.524. The largest absolute Gasteiger partial charge is 0.417 e. The number of oxazole rings is 1. The van der Waals surface area contributed by atoms with Crippen molar-refractivity contribution in [2.24, 2.45) is 5.73 Å². The Labute approximate surface area is 169 Å². The molecule has 0 atom stereocenters. The first-order chi connectivity index (χ1) is 14.0. The Morgan fingerprint density at radius 1 is 1.14 bits per heavy atom. The number of nitrogens with zero attached hydrogens (tertiary/aromatic N) is 2. The maximum atomic E-state index is 12.6. The van der Waals surface area contributed by atoms with Gasteiger partial charge in [-0.05, 0) is 62.9 Å². The normalized spacial score (nSPS) is 19.0. The molecule has 0 spiro atoms. The number of piperidine rings is 2. The van der Waals surface area contributed by atoms with Gasteiger partial charge in [0.2, 0.25) is 5.91 Å². The molecule has 1 aromatic carbocycles. The summed E-state index contributed by atoms with van der Waals surface area (Å²) in [7, 11) is 0. The van der Waals surface area contributed by atoms with Crippen LogP contribution in [0.1, 0.15) is 48.0 Å². The van der Waals surface area contributed by atoms with Crippen LogP contribution >= 0.6 is 0 Å². The first-order valence-electron chi connectivity index (χ1n) is 10.3. The average molecular weight is 399 g/mol. The van der Waals surface area contributed by atoms with Gasteiger partial charge in [0.25, 0.3) is 5.91 Å². The highest BCUT2D eigenvalue weighted by molar-refractivity contribution is 6.03. The van der Waals surface area contributed by atoms with Crippen LogP contribution in [0.4, 0.5) is 0 Å². The van der Waals surface area contributed by atoms with E-state index >= 15 is 0 Å². The van der Waals surface area contributed by atoms with Crippen LogP contribution in [0.2, 0.25) is 0 Å². The quantitative estimate of drug-likeness (QED) is 0.790. The topological polar surface area (TPSA) is 113 Å². The van der Waals surface area contributed by atoms with Gasteiger partial charge in [0, 0.05) is 19.1 Å². The summed E-state index contributed by atoms with van der Waals surface area (Å²) >= 11 is 0. The zero-order chi connectivity index (χ0) is 20.4. The molecular formula is C21H27N4O4. The lowest BCUT2D eigenvalue weighted by molar-refractivity contribution is -0.129. The number of amides is 2. The van der Waals surface area contributed by atoms with Crippen molar-refractivity contribution in [2.45, 2.75) is 44.6 Å². The van der Waals surface area contributed by atoms with E-state index in [1.54, 1.807) is 18.6 Å². The Bertz CT molecular complexity index is 949. The number of nitrogens with one attached hydrogen (secondary N) is 1. The zero-order valence-corrected chi connectivity index (χ0v) is 16.5. The Morgan fingerprint density at radius 2 is 1.86 bits per heavy atom. The Morgan fingerprint density at radius 3 is 2.55 bits per heavy atom. The predicted molar refractivity (Wildman–Crippen MR) is 108 cm³/mol. The summed E-state index contributed by atoms with van der Waals surface area (Å²) in [5, 5.41) is 0. The van der Waals surface area contributed by atoms with Crippen molar-refractivity contribution in [1.82, 2.24) is 14.8 Å². The predicted octanol–water partition coefficient (Wildman–Crippen LogP) is 1.44. The van der Waals surface area contributed by atoms with Crippen molar-refractivity contribution in [3.05, 3.63) is 40.2 Å². The number of rotatable bonds is 5. The second-order valence-corrected chi connectivity index (χ2v) is 7.96. The lowest BCUT2D eigenvalue weighted by atomic mass is 9.99. The summed E-state index contributed by atoms with van der Waals surface area (Å²) < 4.78 is 5.06. The van der Waals surface area contributed by atoms with Gasteiger partial charge in [-0.1, -0.05) is 6.42 Å². The molecule has 2 saturated heterocycles. The average Bonchev–Trinajstić information content (AvgIpc) is 3.12. The van der Waals surface area contributed by atoms with Crippen LogP contribution < -0.4 is 11.5 Å². The van der Waals surface area contributed by atoms with E-state index in [4.69, 9.17) is 10.2 Å². The number of benzene rings is 1. The molecule has 0 bridgehead atoms. The lowest BCUT2D eigenvalue weighted by Gasteiger charge is -2.40. The fourth-order valence-electron chi connectivity index (χ4n) is 4.49. The van der Waals surface area contributed by atoms with Gasteiger partial charge in [-0.2, -0.15) is 0 Å². The molecule has 4 rings (SSSR count). The molecule has 155 valence electrons. The number of hydrogen-bond acceptors (Lipinski definition) is 5. The van der Waals surface area contributed by atoms with E-state index in [0.29, 0.717) is 18.0 Å². The summed E-state index contributed by atoms with van der Waals surface area (Å²) in [6.07, 6.45) is 7.90. The minimum absolute atomic E-state index is 0.00154. The van der Waals surface area contributed by atoms with Crippen LogP contribution in [-0.4, -0.2) is 58.8 Å². The highest BCUT2D eigenvalue weighted by Gasteiger charge is 2.27. The van der Waals surface area contributed by atoms with Gasteiger partial charge in [-0.25, -0.2) is 4.79 Å². The molecule has 0 saturated carbocycles. The number of aromatic nitrogens is 1. The number of primary amides is 1. The second kappa shape index (κ2) is 8.41. The molecule has 8 nitrogen and oxygen atoms in total. The summed E-state index contributed by atoms with van der Waals surface area (Å²) in [5.74, 6) is -1.30. The standard InChI is InChI=1S/C21H27N4O4/c22-20(27)16-12-14(13-17-19(16)23-21(28)29-17)4-5-18(26)25-10-6-15(7-11-25)24-8-2-1-3-9-24/h5,12-13,15H,1-4,6-11H2,(H2,22,27)(H,23,28). The van der Waals surface area contributed by atoms with Gasteiger partial charge in [0.15, 0.2) is 5.58 Å². The second-order valence-electron chi connectivity index (χ2n) is 7.96. The number of H-pyrrole nitrogens is 1. The Kier molecular flexibility index (Phi) is 5.71. The zero-order valence-electron chi connectivity index (χ0n) is 16.5. The summed E-state index contributed by atoms with van der Waals surface area (Å²) in [5.41, 5.74) is 6.86. The van der Waals surface area contributed by atoms with Gasteiger partial charge >= 0.3 is 5.76 Å². The number of nitrogens with two attached hydrogens (primary N) is 1. The minimum Gasteiger partial charge on any atom is -0.408 e. The molecule has 1 radical (unpaired) electrons. The molecule has 29 heavy (non-hydrogen) atoms. The van der Waals surface area contributed by atoms with Crippen LogP contribution in [0.5, 0.6) is 0 Å². The highest BCUT2D eigenvalue weighted by atomic mass is 16.4. The van der Waals surface area contributed by atoms with Gasteiger partial charge in [0.05, 0.1) is 17.5 Å². The van der Waals surface area contributed by atoms with Gasteiger partial charge in [-0.15, -0.1) is 0 Å². The van der Waals surface area contributed by atoms with E-state index < -0.39 is 11.7 Å². The molecule has 2 aliphatic heterocycles. The van der Waals surface area contributed by atoms with Crippen molar-refractivity contribution >= 4 is 22.9 Å². The molecule has 3 N–H and O–H groups in total. The van der Waals surface area contributed by atoms with Crippen molar-refractivity contribution in [3.8, 4) is 0 Å². The van der Waals surface area contributed by atoms with E-state index in [9.17, 15) is 14.4 Å². The van der Waals surface area contributed by atoms with Crippen LogP contribution in [0, 0.1) is 6.42 Å². The minimum atomic E-state index is -0.653. The third-order valence-electron chi connectivity index (χ3n) is 6.05. The molecule has 0 unspecified atom stereocenters. The van der Waals surface area contributed by atoms with Gasteiger partial charge in [-0.3, -0.25) is 14.6 Å². The van der Waals surface area contributed by atoms with Crippen molar-refractivity contribution in [2.75, 3.05) is 26.2 Å². The Hall–Kier alpha value is -2.61.